The van der Waals surface area contributed by atoms with Gasteiger partial charge in [-0.2, -0.15) is 24.5 Å². The number of anilines is 1. The fourth-order valence-corrected chi connectivity index (χ4v) is 2.46. The van der Waals surface area contributed by atoms with E-state index in [2.05, 4.69) is 4.98 Å². The number of nitrogens with zero attached hydrogens (tertiary/aromatic N) is 2. The number of carboxylic acids is 1. The first kappa shape index (κ1) is 15.3. The second-order valence-electron chi connectivity index (χ2n) is 4.36. The highest BCUT2D eigenvalue weighted by Gasteiger charge is 2.34. The standard InChI is InChI=1S/C13H11F3N2O2S/c1-18(6-8-4-5-21-7-8)11-9(12(19)20)2-3-10(17-11)13(14,15)16/h2-5,7H,6H2,1H3,(H,19,20). The van der Waals surface area contributed by atoms with E-state index >= 15 is 0 Å². The zero-order valence-electron chi connectivity index (χ0n) is 10.9. The fourth-order valence-electron chi connectivity index (χ4n) is 1.80. The van der Waals surface area contributed by atoms with Crippen LogP contribution in [-0.4, -0.2) is 23.1 Å². The molecule has 0 aliphatic carbocycles. The van der Waals surface area contributed by atoms with Crippen LogP contribution in [0.25, 0.3) is 0 Å². The first-order valence-corrected chi connectivity index (χ1v) is 6.77. The highest BCUT2D eigenvalue weighted by atomic mass is 32.1. The predicted octanol–water partition coefficient (Wildman–Crippen LogP) is 3.50. The first-order valence-electron chi connectivity index (χ1n) is 5.83. The van der Waals surface area contributed by atoms with Crippen molar-refractivity contribution in [3.63, 3.8) is 0 Å². The number of carboxylic acid groups (broad SMARTS) is 1. The van der Waals surface area contributed by atoms with Gasteiger partial charge in [0.15, 0.2) is 0 Å². The second kappa shape index (κ2) is 5.72. The van der Waals surface area contributed by atoms with E-state index in [4.69, 9.17) is 5.11 Å². The Hall–Kier alpha value is -2.09. The second-order valence-corrected chi connectivity index (χ2v) is 5.14. The molecule has 21 heavy (non-hydrogen) atoms. The number of hydrogen-bond donors (Lipinski definition) is 1. The van der Waals surface area contributed by atoms with Gasteiger partial charge in [-0.15, -0.1) is 0 Å². The lowest BCUT2D eigenvalue weighted by Gasteiger charge is -2.20. The molecule has 0 aliphatic heterocycles. The van der Waals surface area contributed by atoms with Crippen molar-refractivity contribution in [3.05, 3.63) is 45.8 Å². The molecule has 0 bridgehead atoms. The molecule has 0 atom stereocenters. The number of thiophene rings is 1. The lowest BCUT2D eigenvalue weighted by Crippen LogP contribution is -2.22. The Morgan fingerprint density at radius 3 is 2.62 bits per heavy atom. The maximum atomic E-state index is 12.7. The summed E-state index contributed by atoms with van der Waals surface area (Å²) in [5.74, 6) is -1.52. The SMILES string of the molecule is CN(Cc1ccsc1)c1nc(C(F)(F)F)ccc1C(=O)O. The van der Waals surface area contributed by atoms with Gasteiger partial charge in [-0.25, -0.2) is 9.78 Å². The summed E-state index contributed by atoms with van der Waals surface area (Å²) in [7, 11) is 1.51. The maximum absolute atomic E-state index is 12.7. The van der Waals surface area contributed by atoms with Gasteiger partial charge in [-0.05, 0) is 34.5 Å². The van der Waals surface area contributed by atoms with Crippen molar-refractivity contribution < 1.29 is 23.1 Å². The third-order valence-electron chi connectivity index (χ3n) is 2.76. The summed E-state index contributed by atoms with van der Waals surface area (Å²) in [5, 5.41) is 12.8. The Morgan fingerprint density at radius 2 is 2.10 bits per heavy atom. The van der Waals surface area contributed by atoms with Crippen molar-refractivity contribution in [1.29, 1.82) is 0 Å². The van der Waals surface area contributed by atoms with Crippen molar-refractivity contribution in [2.24, 2.45) is 0 Å². The Bertz CT molecular complexity index is 641. The number of hydrogen-bond acceptors (Lipinski definition) is 4. The van der Waals surface area contributed by atoms with E-state index in [9.17, 15) is 18.0 Å². The van der Waals surface area contributed by atoms with Gasteiger partial charge < -0.3 is 10.0 Å². The van der Waals surface area contributed by atoms with Crippen LogP contribution in [0.15, 0.2) is 29.0 Å². The van der Waals surface area contributed by atoms with Crippen LogP contribution in [-0.2, 0) is 12.7 Å². The molecule has 0 saturated carbocycles. The van der Waals surface area contributed by atoms with Crippen LogP contribution in [0.1, 0.15) is 21.6 Å². The van der Waals surface area contributed by atoms with Gasteiger partial charge in [0, 0.05) is 13.6 Å². The molecule has 2 aromatic rings. The molecule has 0 aliphatic rings. The predicted molar refractivity (Wildman–Crippen MR) is 72.6 cm³/mol. The Balaban J connectivity index is 2.40. The fraction of sp³-hybridized carbons (Fsp3) is 0.231. The summed E-state index contributed by atoms with van der Waals surface area (Å²) in [4.78, 5) is 16.0. The van der Waals surface area contributed by atoms with E-state index in [-0.39, 0.29) is 17.9 Å². The number of halogens is 3. The van der Waals surface area contributed by atoms with Crippen LogP contribution in [0.2, 0.25) is 0 Å². The molecule has 0 saturated heterocycles. The minimum atomic E-state index is -4.62. The number of pyridine rings is 1. The smallest absolute Gasteiger partial charge is 0.433 e. The van der Waals surface area contributed by atoms with Crippen molar-refractivity contribution >= 4 is 23.1 Å². The van der Waals surface area contributed by atoms with Gasteiger partial charge in [0.1, 0.15) is 17.1 Å². The normalized spacial score (nSPS) is 11.4. The summed E-state index contributed by atoms with van der Waals surface area (Å²) < 4.78 is 38.1. The quantitative estimate of drug-likeness (QED) is 0.938. The molecule has 0 spiro atoms. The molecule has 2 rings (SSSR count). The third-order valence-corrected chi connectivity index (χ3v) is 3.49. The summed E-state index contributed by atoms with van der Waals surface area (Å²) in [6, 6.07) is 3.41. The minimum absolute atomic E-state index is 0.205. The molecule has 0 radical (unpaired) electrons. The number of aromatic carboxylic acids is 1. The lowest BCUT2D eigenvalue weighted by atomic mass is 10.2. The summed E-state index contributed by atoms with van der Waals surface area (Å²) >= 11 is 1.45. The van der Waals surface area contributed by atoms with Crippen LogP contribution >= 0.6 is 11.3 Å². The van der Waals surface area contributed by atoms with Gasteiger partial charge in [0.2, 0.25) is 0 Å². The van der Waals surface area contributed by atoms with E-state index in [0.717, 1.165) is 11.6 Å². The minimum Gasteiger partial charge on any atom is -0.478 e. The summed E-state index contributed by atoms with van der Waals surface area (Å²) in [6.45, 7) is 0.276. The van der Waals surface area contributed by atoms with Crippen molar-refractivity contribution in [1.82, 2.24) is 4.98 Å². The molecule has 2 aromatic heterocycles. The number of aromatic nitrogens is 1. The average Bonchev–Trinajstić information content (AvgIpc) is 2.89. The molecule has 0 aromatic carbocycles. The largest absolute Gasteiger partial charge is 0.478 e. The third kappa shape index (κ3) is 3.52. The van der Waals surface area contributed by atoms with Crippen molar-refractivity contribution in [2.75, 3.05) is 11.9 Å². The molecule has 0 amide bonds. The highest BCUT2D eigenvalue weighted by molar-refractivity contribution is 7.07. The molecular weight excluding hydrogens is 305 g/mol. The number of rotatable bonds is 4. The van der Waals surface area contributed by atoms with Gasteiger partial charge >= 0.3 is 12.1 Å². The number of carbonyl (C=O) groups is 1. The Kier molecular flexibility index (Phi) is 4.17. The van der Waals surface area contributed by atoms with Crippen molar-refractivity contribution in [2.45, 2.75) is 12.7 Å². The molecule has 2 heterocycles. The molecule has 0 fully saturated rings. The van der Waals surface area contributed by atoms with Crippen molar-refractivity contribution in [3.8, 4) is 0 Å². The summed E-state index contributed by atoms with van der Waals surface area (Å²) in [6.07, 6.45) is -4.62. The van der Waals surface area contributed by atoms with Crippen LogP contribution in [0, 0.1) is 0 Å². The first-order chi connectivity index (χ1) is 9.79. The Morgan fingerprint density at radius 1 is 1.38 bits per heavy atom. The molecule has 1 N–H and O–H groups in total. The monoisotopic (exact) mass is 316 g/mol. The van der Waals surface area contributed by atoms with Crippen LogP contribution in [0.5, 0.6) is 0 Å². The van der Waals surface area contributed by atoms with E-state index in [1.807, 2.05) is 16.8 Å². The molecule has 8 heteroatoms. The average molecular weight is 316 g/mol. The molecule has 0 unspecified atom stereocenters. The summed E-state index contributed by atoms with van der Waals surface area (Å²) in [5.41, 5.74) is -0.501. The van der Waals surface area contributed by atoms with Gasteiger partial charge in [-0.3, -0.25) is 0 Å². The van der Waals surface area contributed by atoms with E-state index in [1.54, 1.807) is 0 Å². The van der Waals surface area contributed by atoms with Gasteiger partial charge in [0.05, 0.1) is 0 Å². The van der Waals surface area contributed by atoms with Crippen LogP contribution in [0.4, 0.5) is 19.0 Å². The maximum Gasteiger partial charge on any atom is 0.433 e. The van der Waals surface area contributed by atoms with Crippen LogP contribution in [0.3, 0.4) is 0 Å². The Labute approximate surface area is 122 Å². The zero-order chi connectivity index (χ0) is 15.6. The molecule has 4 nitrogen and oxygen atoms in total. The highest BCUT2D eigenvalue weighted by Crippen LogP contribution is 2.30. The van der Waals surface area contributed by atoms with E-state index in [0.29, 0.717) is 6.07 Å². The topological polar surface area (TPSA) is 53.4 Å². The van der Waals surface area contributed by atoms with Gasteiger partial charge in [0.25, 0.3) is 0 Å². The van der Waals surface area contributed by atoms with E-state index in [1.165, 1.54) is 23.3 Å². The zero-order valence-corrected chi connectivity index (χ0v) is 11.7. The molecular formula is C13H11F3N2O2S. The van der Waals surface area contributed by atoms with Crippen LogP contribution < -0.4 is 4.90 Å². The van der Waals surface area contributed by atoms with E-state index < -0.39 is 17.8 Å². The lowest BCUT2D eigenvalue weighted by molar-refractivity contribution is -0.141. The molecule has 112 valence electrons. The van der Waals surface area contributed by atoms with Gasteiger partial charge in [-0.1, -0.05) is 0 Å². The number of alkyl halides is 3.